The van der Waals surface area contributed by atoms with E-state index in [0.717, 1.165) is 6.07 Å². The van der Waals surface area contributed by atoms with Gasteiger partial charge in [0.05, 0.1) is 6.54 Å². The molecule has 0 aliphatic carbocycles. The monoisotopic (exact) mass is 252 g/mol. The van der Waals surface area contributed by atoms with Gasteiger partial charge in [-0.3, -0.25) is 0 Å². The van der Waals surface area contributed by atoms with Crippen LogP contribution in [0.5, 0.6) is 0 Å². The van der Waals surface area contributed by atoms with E-state index in [1.54, 1.807) is 0 Å². The summed E-state index contributed by atoms with van der Waals surface area (Å²) in [7, 11) is 0. The highest BCUT2D eigenvalue weighted by atomic mass is 19.1. The highest BCUT2D eigenvalue weighted by molar-refractivity contribution is 5.33. The molecule has 0 radical (unpaired) electrons. The highest BCUT2D eigenvalue weighted by Crippen LogP contribution is 2.15. The highest BCUT2D eigenvalue weighted by Gasteiger charge is 2.11. The zero-order chi connectivity index (χ0) is 13.1. The third kappa shape index (κ3) is 2.70. The molecule has 0 amide bonds. The van der Waals surface area contributed by atoms with Gasteiger partial charge in [-0.25, -0.2) is 18.4 Å². The van der Waals surface area contributed by atoms with Crippen molar-refractivity contribution in [2.24, 2.45) is 0 Å². The maximum Gasteiger partial charge on any atom is 0.151 e. The molecule has 2 aromatic rings. The molecule has 2 rings (SSSR count). The number of nitrogens with zero attached hydrogens (tertiary/aromatic N) is 3. The number of benzene rings is 1. The lowest BCUT2D eigenvalue weighted by Gasteiger charge is -2.10. The molecule has 96 valence electrons. The lowest BCUT2D eigenvalue weighted by molar-refractivity contribution is 0.548. The van der Waals surface area contributed by atoms with Gasteiger partial charge in [0.1, 0.15) is 23.7 Å². The number of halogens is 2. The minimum atomic E-state index is -0.661. The molecule has 1 heterocycles. The number of hydrogen-bond donors (Lipinski definition) is 1. The van der Waals surface area contributed by atoms with Gasteiger partial charge in [-0.1, -0.05) is 13.8 Å². The Morgan fingerprint density at radius 3 is 2.78 bits per heavy atom. The van der Waals surface area contributed by atoms with Crippen LogP contribution in [0.4, 0.5) is 8.78 Å². The predicted molar refractivity (Wildman–Crippen MR) is 63.3 cm³/mol. The fourth-order valence-electron chi connectivity index (χ4n) is 1.54. The van der Waals surface area contributed by atoms with Gasteiger partial charge in [0.2, 0.25) is 0 Å². The summed E-state index contributed by atoms with van der Waals surface area (Å²) in [6.07, 6.45) is 1.35. The van der Waals surface area contributed by atoms with Crippen LogP contribution in [0.1, 0.15) is 19.7 Å². The number of aromatic nitrogens is 3. The van der Waals surface area contributed by atoms with Crippen molar-refractivity contribution in [1.82, 2.24) is 20.1 Å². The average molecular weight is 252 g/mol. The van der Waals surface area contributed by atoms with Crippen molar-refractivity contribution in [3.63, 3.8) is 0 Å². The topological polar surface area (TPSA) is 42.7 Å². The molecule has 0 bridgehead atoms. The minimum Gasteiger partial charge on any atom is -0.308 e. The summed E-state index contributed by atoms with van der Waals surface area (Å²) < 4.78 is 27.9. The summed E-state index contributed by atoms with van der Waals surface area (Å²) in [5.41, 5.74) is 0.189. The van der Waals surface area contributed by atoms with Gasteiger partial charge in [-0.05, 0) is 12.1 Å². The van der Waals surface area contributed by atoms with Crippen LogP contribution in [0.2, 0.25) is 0 Å². The first-order valence-corrected chi connectivity index (χ1v) is 5.65. The summed E-state index contributed by atoms with van der Waals surface area (Å²) in [5.74, 6) is -0.696. The van der Waals surface area contributed by atoms with Crippen molar-refractivity contribution in [3.05, 3.63) is 42.0 Å². The molecular weight excluding hydrogens is 238 g/mol. The number of nitrogens with one attached hydrogen (secondary N) is 1. The molecule has 1 aromatic carbocycles. The number of hydrogen-bond acceptors (Lipinski definition) is 3. The second-order valence-electron chi connectivity index (χ2n) is 4.22. The SMILES string of the molecule is CC(C)NCc1ncnn1-c1ccc(F)cc1F. The molecule has 1 N–H and O–H groups in total. The molecule has 18 heavy (non-hydrogen) atoms. The van der Waals surface area contributed by atoms with Crippen molar-refractivity contribution in [2.75, 3.05) is 0 Å². The van der Waals surface area contributed by atoms with Crippen LogP contribution < -0.4 is 5.32 Å². The van der Waals surface area contributed by atoms with Gasteiger partial charge in [0.15, 0.2) is 5.82 Å². The van der Waals surface area contributed by atoms with Gasteiger partial charge in [0.25, 0.3) is 0 Å². The van der Waals surface area contributed by atoms with Crippen LogP contribution >= 0.6 is 0 Å². The van der Waals surface area contributed by atoms with Crippen LogP contribution in [0.15, 0.2) is 24.5 Å². The quantitative estimate of drug-likeness (QED) is 0.905. The van der Waals surface area contributed by atoms with Gasteiger partial charge in [-0.2, -0.15) is 5.10 Å². The first-order chi connectivity index (χ1) is 8.58. The summed E-state index contributed by atoms with van der Waals surface area (Å²) in [5, 5.41) is 7.13. The van der Waals surface area contributed by atoms with Crippen LogP contribution in [-0.2, 0) is 6.54 Å². The summed E-state index contributed by atoms with van der Waals surface area (Å²) in [4.78, 5) is 4.06. The lowest BCUT2D eigenvalue weighted by atomic mass is 10.3. The van der Waals surface area contributed by atoms with E-state index in [1.807, 2.05) is 13.8 Å². The van der Waals surface area contributed by atoms with Crippen LogP contribution in [0, 0.1) is 11.6 Å². The van der Waals surface area contributed by atoms with E-state index in [1.165, 1.54) is 23.1 Å². The Morgan fingerprint density at radius 2 is 2.11 bits per heavy atom. The normalized spacial score (nSPS) is 11.2. The molecule has 0 unspecified atom stereocenters. The van der Waals surface area contributed by atoms with Crippen molar-refractivity contribution < 1.29 is 8.78 Å². The zero-order valence-electron chi connectivity index (χ0n) is 10.2. The molecule has 0 spiro atoms. The Morgan fingerprint density at radius 1 is 1.33 bits per heavy atom. The van der Waals surface area contributed by atoms with Crippen molar-refractivity contribution in [2.45, 2.75) is 26.4 Å². The zero-order valence-corrected chi connectivity index (χ0v) is 10.2. The standard InChI is InChI=1S/C12H14F2N4/c1-8(2)15-6-12-16-7-17-18(12)11-4-3-9(13)5-10(11)14/h3-5,7-8,15H,6H2,1-2H3. The predicted octanol–water partition coefficient (Wildman–Crippen LogP) is 2.04. The van der Waals surface area contributed by atoms with E-state index in [0.29, 0.717) is 12.4 Å². The Bertz CT molecular complexity index is 537. The Balaban J connectivity index is 2.30. The van der Waals surface area contributed by atoms with Gasteiger partial charge in [-0.15, -0.1) is 0 Å². The fraction of sp³-hybridized carbons (Fsp3) is 0.333. The first kappa shape index (κ1) is 12.6. The molecule has 0 saturated carbocycles. The molecule has 6 heteroatoms. The summed E-state index contributed by atoms with van der Waals surface area (Å²) >= 11 is 0. The fourth-order valence-corrected chi connectivity index (χ4v) is 1.54. The molecule has 0 fully saturated rings. The molecule has 0 atom stereocenters. The second-order valence-corrected chi connectivity index (χ2v) is 4.22. The molecule has 1 aromatic heterocycles. The Labute approximate surface area is 104 Å². The molecule has 0 saturated heterocycles. The first-order valence-electron chi connectivity index (χ1n) is 5.65. The van der Waals surface area contributed by atoms with Crippen LogP contribution in [0.3, 0.4) is 0 Å². The van der Waals surface area contributed by atoms with E-state index in [4.69, 9.17) is 0 Å². The largest absolute Gasteiger partial charge is 0.308 e. The second kappa shape index (κ2) is 5.22. The third-order valence-electron chi connectivity index (χ3n) is 2.42. The molecule has 0 aliphatic heterocycles. The maximum atomic E-state index is 13.6. The van der Waals surface area contributed by atoms with Crippen LogP contribution in [-0.4, -0.2) is 20.8 Å². The maximum absolute atomic E-state index is 13.6. The lowest BCUT2D eigenvalue weighted by Crippen LogP contribution is -2.24. The summed E-state index contributed by atoms with van der Waals surface area (Å²) in [6.45, 7) is 4.47. The van der Waals surface area contributed by atoms with Crippen molar-refractivity contribution in [1.29, 1.82) is 0 Å². The van der Waals surface area contributed by atoms with E-state index in [9.17, 15) is 8.78 Å². The number of rotatable bonds is 4. The van der Waals surface area contributed by atoms with Crippen LogP contribution in [0.25, 0.3) is 5.69 Å². The van der Waals surface area contributed by atoms with Gasteiger partial charge < -0.3 is 5.32 Å². The smallest absolute Gasteiger partial charge is 0.151 e. The Hall–Kier alpha value is -1.82. The minimum absolute atomic E-state index is 0.189. The molecule has 4 nitrogen and oxygen atoms in total. The third-order valence-corrected chi connectivity index (χ3v) is 2.42. The van der Waals surface area contributed by atoms with Gasteiger partial charge >= 0.3 is 0 Å². The molecular formula is C12H14F2N4. The average Bonchev–Trinajstić information content (AvgIpc) is 2.74. The molecule has 0 aliphatic rings. The van der Waals surface area contributed by atoms with E-state index >= 15 is 0 Å². The van der Waals surface area contributed by atoms with E-state index in [2.05, 4.69) is 15.4 Å². The van der Waals surface area contributed by atoms with E-state index < -0.39 is 11.6 Å². The van der Waals surface area contributed by atoms with Gasteiger partial charge in [0, 0.05) is 12.1 Å². The van der Waals surface area contributed by atoms with Crippen molar-refractivity contribution in [3.8, 4) is 5.69 Å². The Kier molecular flexibility index (Phi) is 3.66. The van der Waals surface area contributed by atoms with E-state index in [-0.39, 0.29) is 11.7 Å². The summed E-state index contributed by atoms with van der Waals surface area (Å²) in [6, 6.07) is 3.66. The van der Waals surface area contributed by atoms with Crippen molar-refractivity contribution >= 4 is 0 Å².